The van der Waals surface area contributed by atoms with E-state index in [4.69, 9.17) is 9.57 Å². The Hall–Kier alpha value is -4.18. The molecule has 0 bridgehead atoms. The number of fused-ring (bicyclic) bond motifs is 3. The van der Waals surface area contributed by atoms with E-state index in [-0.39, 0.29) is 54.6 Å². The van der Waals surface area contributed by atoms with E-state index in [9.17, 15) is 34.5 Å². The second-order valence-corrected chi connectivity index (χ2v) is 11.1. The molecule has 0 amide bonds. The highest BCUT2D eigenvalue weighted by atomic mass is 16.7. The molecule has 2 aliphatic heterocycles. The van der Waals surface area contributed by atoms with Gasteiger partial charge in [0.2, 0.25) is 0 Å². The average molecular weight is 580 g/mol. The van der Waals surface area contributed by atoms with E-state index >= 15 is 0 Å². The normalized spacial score (nSPS) is 23.6. The monoisotopic (exact) mass is 579 g/mol. The van der Waals surface area contributed by atoms with Gasteiger partial charge in [0.15, 0.2) is 5.78 Å². The number of hydrogen-bond acceptors (Lipinski definition) is 9. The van der Waals surface area contributed by atoms with Crippen molar-refractivity contribution in [1.29, 1.82) is 0 Å². The molecule has 2 aromatic rings. The number of carbonyl (C=O) groups excluding carboxylic acids is 3. The van der Waals surface area contributed by atoms with Crippen LogP contribution in [0, 0.1) is 11.8 Å². The number of esters is 1. The summed E-state index contributed by atoms with van der Waals surface area (Å²) in [6.07, 6.45) is 4.01. The summed E-state index contributed by atoms with van der Waals surface area (Å²) < 4.78 is 6.31. The summed E-state index contributed by atoms with van der Waals surface area (Å²) in [6.45, 7) is 7.05. The fourth-order valence-electron chi connectivity index (χ4n) is 5.52. The molecule has 4 rings (SSSR count). The maximum absolute atomic E-state index is 13.8. The van der Waals surface area contributed by atoms with Gasteiger partial charge in [0.05, 0.1) is 18.2 Å². The van der Waals surface area contributed by atoms with Crippen LogP contribution in [0.25, 0.3) is 11.1 Å². The van der Waals surface area contributed by atoms with Crippen LogP contribution < -0.4 is 10.4 Å². The van der Waals surface area contributed by atoms with Crippen LogP contribution in [0.1, 0.15) is 75.3 Å². The Labute approximate surface area is 243 Å². The van der Waals surface area contributed by atoms with Gasteiger partial charge in [-0.25, -0.2) is 0 Å². The number of phenolic OH excluding ortho intramolecular Hbond substituents is 1. The molecule has 0 saturated carbocycles. The summed E-state index contributed by atoms with van der Waals surface area (Å²) in [4.78, 5) is 59.5. The van der Waals surface area contributed by atoms with Crippen molar-refractivity contribution in [2.75, 3.05) is 6.61 Å². The van der Waals surface area contributed by atoms with Crippen molar-refractivity contribution in [2.45, 2.75) is 71.5 Å². The Morgan fingerprint density at radius 1 is 1.12 bits per heavy atom. The number of phenols is 1. The van der Waals surface area contributed by atoms with Crippen LogP contribution in [0.5, 0.6) is 11.5 Å². The van der Waals surface area contributed by atoms with Crippen LogP contribution in [0.15, 0.2) is 52.9 Å². The Morgan fingerprint density at radius 3 is 2.45 bits per heavy atom. The molecule has 0 aliphatic carbocycles. The van der Waals surface area contributed by atoms with Gasteiger partial charge < -0.3 is 24.9 Å². The largest absolute Gasteiger partial charge is 0.508 e. The van der Waals surface area contributed by atoms with Crippen LogP contribution in [-0.2, 0) is 14.3 Å². The van der Waals surface area contributed by atoms with E-state index in [1.54, 1.807) is 20.8 Å². The molecule has 1 saturated heterocycles. The number of Topliss-reactive ketones (excluding diaryl/α,β-unsaturated/α-hetero) is 1. The summed E-state index contributed by atoms with van der Waals surface area (Å²) in [5, 5.41) is 30.9. The van der Waals surface area contributed by atoms with Crippen LogP contribution in [0.3, 0.4) is 0 Å². The summed E-state index contributed by atoms with van der Waals surface area (Å²) >= 11 is 0. The number of ketones is 2. The Balaban J connectivity index is 1.91. The first kappa shape index (κ1) is 30.8. The molecule has 5 atom stereocenters. The molecule has 1 aromatic heterocycles. The second kappa shape index (κ2) is 12.8. The lowest BCUT2D eigenvalue weighted by Gasteiger charge is -2.25. The topological polar surface area (TPSA) is 152 Å². The number of allylic oxidation sites excluding steroid dienone is 3. The minimum absolute atomic E-state index is 0.0390. The Morgan fingerprint density at radius 2 is 1.81 bits per heavy atom. The predicted octanol–water partition coefficient (Wildman–Crippen LogP) is 3.85. The van der Waals surface area contributed by atoms with Crippen LogP contribution in [0.4, 0.5) is 0 Å². The fourth-order valence-corrected chi connectivity index (χ4v) is 5.52. The van der Waals surface area contributed by atoms with E-state index in [2.05, 4.69) is 0 Å². The van der Waals surface area contributed by atoms with E-state index in [0.29, 0.717) is 17.6 Å². The number of aliphatic hydroxyl groups excluding tert-OH is 1. The number of aromatic hydroxyl groups is 2. The zero-order valence-electron chi connectivity index (χ0n) is 24.2. The molecule has 1 aromatic carbocycles. The van der Waals surface area contributed by atoms with Crippen molar-refractivity contribution in [1.82, 2.24) is 4.73 Å². The summed E-state index contributed by atoms with van der Waals surface area (Å²) in [5.41, 5.74) is -0.279. The number of rotatable bonds is 7. The van der Waals surface area contributed by atoms with Crippen LogP contribution >= 0.6 is 0 Å². The molecule has 1 fully saturated rings. The maximum atomic E-state index is 13.8. The highest BCUT2D eigenvalue weighted by molar-refractivity contribution is 6.08. The predicted molar refractivity (Wildman–Crippen MR) is 154 cm³/mol. The van der Waals surface area contributed by atoms with E-state index in [1.165, 1.54) is 30.3 Å². The van der Waals surface area contributed by atoms with Crippen molar-refractivity contribution in [2.24, 2.45) is 11.8 Å². The van der Waals surface area contributed by atoms with Gasteiger partial charge in [-0.05, 0) is 50.5 Å². The van der Waals surface area contributed by atoms with Gasteiger partial charge in [-0.3, -0.25) is 19.2 Å². The van der Waals surface area contributed by atoms with Crippen molar-refractivity contribution >= 4 is 17.5 Å². The van der Waals surface area contributed by atoms with Gasteiger partial charge in [0.25, 0.3) is 5.56 Å². The average Bonchev–Trinajstić information content (AvgIpc) is 3.35. The number of cyclic esters (lactones) is 1. The first-order valence-electron chi connectivity index (χ1n) is 14.2. The lowest BCUT2D eigenvalue weighted by Crippen LogP contribution is -2.37. The van der Waals surface area contributed by atoms with Crippen molar-refractivity contribution in [3.63, 3.8) is 0 Å². The summed E-state index contributed by atoms with van der Waals surface area (Å²) in [7, 11) is 0. The number of carbonyl (C=O) groups is 3. The number of aromatic nitrogens is 1. The van der Waals surface area contributed by atoms with Crippen molar-refractivity contribution < 1.29 is 39.3 Å². The Bertz CT molecular complexity index is 1480. The number of benzene rings is 1. The third-order valence-corrected chi connectivity index (χ3v) is 7.88. The standard InChI is InChI=1S/C32H37NO9/c1-5-20(16-34)14-17(2)6-12-24(37)28-30(39)26(21-8-10-22(35)11-9-21)29-27-23(36)13-7-19(4)41-25(38)15-18(3)31(27)42-33(29)32(28)40/h6,8-12,14,18-20,27,31,34-35,39H,5,7,13,15-16H2,1-4H3/b12-6+,17-14+. The first-order chi connectivity index (χ1) is 20.0. The third kappa shape index (κ3) is 6.18. The van der Waals surface area contributed by atoms with Crippen LogP contribution in [0.2, 0.25) is 0 Å². The molecule has 10 heteroatoms. The van der Waals surface area contributed by atoms with Gasteiger partial charge in [0.1, 0.15) is 34.9 Å². The van der Waals surface area contributed by atoms with Gasteiger partial charge in [-0.2, -0.15) is 0 Å². The highest BCUT2D eigenvalue weighted by Crippen LogP contribution is 2.44. The molecule has 10 nitrogen and oxygen atoms in total. The van der Waals surface area contributed by atoms with E-state index < -0.39 is 52.7 Å². The Kier molecular flexibility index (Phi) is 9.36. The minimum Gasteiger partial charge on any atom is -0.508 e. The smallest absolute Gasteiger partial charge is 0.306 e. The van der Waals surface area contributed by atoms with E-state index in [1.807, 2.05) is 13.0 Å². The second-order valence-electron chi connectivity index (χ2n) is 11.1. The summed E-state index contributed by atoms with van der Waals surface area (Å²) in [5.74, 6) is -3.78. The number of ether oxygens (including phenoxy) is 1. The SMILES string of the molecule is CCC(/C=C(C)/C=C/C(=O)c1c(O)c(-c2ccc(O)cc2)c2n(c1=O)OC1C(C)CC(=O)OC(C)CCC(=O)C21)CO. The minimum atomic E-state index is -1.00. The molecule has 42 heavy (non-hydrogen) atoms. The van der Waals surface area contributed by atoms with Crippen molar-refractivity contribution in [3.05, 3.63) is 69.7 Å². The molecule has 3 heterocycles. The first-order valence-corrected chi connectivity index (χ1v) is 14.2. The molecule has 0 radical (unpaired) electrons. The number of aliphatic hydroxyl groups is 1. The number of hydrogen-bond donors (Lipinski definition) is 3. The maximum Gasteiger partial charge on any atom is 0.306 e. The molecule has 224 valence electrons. The zero-order chi connectivity index (χ0) is 30.7. The number of nitrogens with zero attached hydrogens (tertiary/aromatic N) is 1. The van der Waals surface area contributed by atoms with Gasteiger partial charge in [-0.1, -0.05) is 43.7 Å². The van der Waals surface area contributed by atoms with Crippen molar-refractivity contribution in [3.8, 4) is 22.6 Å². The van der Waals surface area contributed by atoms with E-state index in [0.717, 1.165) is 10.8 Å². The summed E-state index contributed by atoms with van der Waals surface area (Å²) in [6, 6.07) is 5.79. The third-order valence-electron chi connectivity index (χ3n) is 7.88. The lowest BCUT2D eigenvalue weighted by molar-refractivity contribution is -0.152. The van der Waals surface area contributed by atoms with Gasteiger partial charge in [0, 0.05) is 30.4 Å². The molecule has 0 spiro atoms. The molecular formula is C32H37NO9. The van der Waals surface area contributed by atoms with Gasteiger partial charge >= 0.3 is 5.97 Å². The molecular weight excluding hydrogens is 542 g/mol. The highest BCUT2D eigenvalue weighted by Gasteiger charge is 2.47. The molecule has 2 aliphatic rings. The van der Waals surface area contributed by atoms with Gasteiger partial charge in [-0.15, -0.1) is 4.73 Å². The fraction of sp³-hybridized carbons (Fsp3) is 0.438. The number of pyridine rings is 1. The molecule has 5 unspecified atom stereocenters. The lowest BCUT2D eigenvalue weighted by atomic mass is 9.80. The zero-order valence-corrected chi connectivity index (χ0v) is 24.2. The molecule has 3 N–H and O–H groups in total. The quantitative estimate of drug-likeness (QED) is 0.192. The van der Waals surface area contributed by atoms with Crippen LogP contribution in [-0.4, -0.2) is 56.4 Å².